The highest BCUT2D eigenvalue weighted by atomic mass is 79.9. The van der Waals surface area contributed by atoms with Crippen LogP contribution in [-0.4, -0.2) is 51.5 Å². The van der Waals surface area contributed by atoms with E-state index in [2.05, 4.69) is 21.2 Å². The summed E-state index contributed by atoms with van der Waals surface area (Å²) in [5.74, 6) is -2.42. The van der Waals surface area contributed by atoms with E-state index in [9.17, 15) is 24.3 Å². The molecule has 0 radical (unpaired) electrons. The van der Waals surface area contributed by atoms with E-state index in [4.69, 9.17) is 5.73 Å². The van der Waals surface area contributed by atoms with Crippen molar-refractivity contribution in [3.05, 3.63) is 70.1 Å². The molecule has 2 aliphatic heterocycles. The standard InChI is InChI=1S/C22H19BrN4O5S2/c23-14-4-1-5-15(7-14)33-11-16(28)25-17-20(30)27-18(22(31)32)13(10-34-21(17)27)9-26-6-2-3-12(8-26)19(24)29/h1-8,17,21H,9-11H2,(H3-,24,25,28,29,31,32)/t17-,21-/m1/s1. The molecule has 2 atom stereocenters. The van der Waals surface area contributed by atoms with Gasteiger partial charge in [0, 0.05) is 26.8 Å². The Morgan fingerprint density at radius 1 is 1.29 bits per heavy atom. The van der Waals surface area contributed by atoms with Crippen LogP contribution in [0.15, 0.2) is 69.4 Å². The van der Waals surface area contributed by atoms with Crippen LogP contribution >= 0.6 is 39.5 Å². The van der Waals surface area contributed by atoms with Gasteiger partial charge in [-0.25, -0.2) is 4.57 Å². The fraction of sp³-hybridized carbons (Fsp3) is 0.227. The monoisotopic (exact) mass is 562 g/mol. The van der Waals surface area contributed by atoms with Gasteiger partial charge in [-0.3, -0.25) is 19.3 Å². The number of amides is 3. The van der Waals surface area contributed by atoms with Crippen molar-refractivity contribution in [3.8, 4) is 0 Å². The number of thioether (sulfide) groups is 2. The summed E-state index contributed by atoms with van der Waals surface area (Å²) in [6.45, 7) is 0.147. The number of rotatable bonds is 8. The largest absolute Gasteiger partial charge is 0.543 e. The van der Waals surface area contributed by atoms with Crippen molar-refractivity contribution in [2.45, 2.75) is 22.9 Å². The number of nitrogens with two attached hydrogens (primary N) is 1. The molecule has 2 aromatic rings. The average Bonchev–Trinajstić information content (AvgIpc) is 2.81. The van der Waals surface area contributed by atoms with Crippen molar-refractivity contribution < 1.29 is 28.9 Å². The third kappa shape index (κ3) is 5.13. The zero-order valence-corrected chi connectivity index (χ0v) is 20.8. The Bertz CT molecular complexity index is 1220. The normalized spacial score (nSPS) is 19.3. The van der Waals surface area contributed by atoms with Crippen molar-refractivity contribution in [2.75, 3.05) is 11.5 Å². The van der Waals surface area contributed by atoms with Crippen LogP contribution in [0, 0.1) is 0 Å². The fourth-order valence-electron chi connectivity index (χ4n) is 3.70. The lowest BCUT2D eigenvalue weighted by Gasteiger charge is -2.50. The van der Waals surface area contributed by atoms with Crippen LogP contribution in [0.2, 0.25) is 0 Å². The maximum atomic E-state index is 12.8. The minimum Gasteiger partial charge on any atom is -0.543 e. The van der Waals surface area contributed by atoms with Crippen LogP contribution in [0.3, 0.4) is 0 Å². The number of nitrogens with one attached hydrogen (secondary N) is 1. The molecule has 0 saturated carbocycles. The van der Waals surface area contributed by atoms with Crippen molar-refractivity contribution in [2.24, 2.45) is 5.73 Å². The SMILES string of the molecule is NC(=O)c1ccc[n+](CC2=C(C(=O)[O-])N3C(=O)[C@@H](NC(=O)CSc4cccc(Br)c4)[C@H]3SC2)c1. The maximum absolute atomic E-state index is 12.8. The van der Waals surface area contributed by atoms with Crippen LogP contribution in [-0.2, 0) is 20.9 Å². The summed E-state index contributed by atoms with van der Waals surface area (Å²) in [7, 11) is 0. The molecule has 3 heterocycles. The Kier molecular flexibility index (Phi) is 7.29. The lowest BCUT2D eigenvalue weighted by Crippen LogP contribution is -2.71. The highest BCUT2D eigenvalue weighted by Gasteiger charge is 2.53. The first-order valence-electron chi connectivity index (χ1n) is 10.1. The Morgan fingerprint density at radius 2 is 2.09 bits per heavy atom. The quantitative estimate of drug-likeness (QED) is 0.263. The number of benzene rings is 1. The number of aromatic nitrogens is 1. The lowest BCUT2D eigenvalue weighted by molar-refractivity contribution is -0.689. The molecule has 12 heteroatoms. The summed E-state index contributed by atoms with van der Waals surface area (Å²) in [5, 5.41) is 14.1. The van der Waals surface area contributed by atoms with Crippen molar-refractivity contribution >= 4 is 63.1 Å². The number of fused-ring (bicyclic) bond motifs is 1. The van der Waals surface area contributed by atoms with E-state index in [-0.39, 0.29) is 29.5 Å². The van der Waals surface area contributed by atoms with Gasteiger partial charge in [-0.1, -0.05) is 22.0 Å². The second-order valence-electron chi connectivity index (χ2n) is 7.57. The average molecular weight is 563 g/mol. The molecule has 1 fully saturated rings. The Balaban J connectivity index is 1.44. The van der Waals surface area contributed by atoms with E-state index in [0.29, 0.717) is 11.3 Å². The zero-order valence-electron chi connectivity index (χ0n) is 17.6. The summed E-state index contributed by atoms with van der Waals surface area (Å²) >= 11 is 6.09. The van der Waals surface area contributed by atoms with Crippen LogP contribution in [0.5, 0.6) is 0 Å². The van der Waals surface area contributed by atoms with E-state index in [1.165, 1.54) is 34.6 Å². The van der Waals surface area contributed by atoms with Crippen molar-refractivity contribution in [1.29, 1.82) is 0 Å². The predicted octanol–water partition coefficient (Wildman–Crippen LogP) is 0.0317. The molecule has 0 spiro atoms. The van der Waals surface area contributed by atoms with Gasteiger partial charge < -0.3 is 21.0 Å². The Labute approximate surface area is 211 Å². The number of hydrogen-bond donors (Lipinski definition) is 2. The van der Waals surface area contributed by atoms with E-state index >= 15 is 0 Å². The van der Waals surface area contributed by atoms with Gasteiger partial charge in [0.2, 0.25) is 5.91 Å². The maximum Gasteiger partial charge on any atom is 0.254 e. The summed E-state index contributed by atoms with van der Waals surface area (Å²) in [6, 6.07) is 9.90. The summed E-state index contributed by atoms with van der Waals surface area (Å²) in [6.07, 6.45) is 3.19. The molecule has 34 heavy (non-hydrogen) atoms. The number of pyridine rings is 1. The minimum absolute atomic E-state index is 0.124. The molecule has 1 aromatic carbocycles. The Hall–Kier alpha value is -2.83. The van der Waals surface area contributed by atoms with Gasteiger partial charge in [0.1, 0.15) is 17.0 Å². The molecular weight excluding hydrogens is 544 g/mol. The van der Waals surface area contributed by atoms with Gasteiger partial charge in [0.25, 0.3) is 11.8 Å². The zero-order chi connectivity index (χ0) is 24.4. The molecule has 176 valence electrons. The first-order chi connectivity index (χ1) is 16.2. The molecule has 1 aromatic heterocycles. The molecule has 9 nitrogen and oxygen atoms in total. The van der Waals surface area contributed by atoms with Gasteiger partial charge in [-0.05, 0) is 24.3 Å². The second-order valence-corrected chi connectivity index (χ2v) is 10.6. The van der Waals surface area contributed by atoms with Gasteiger partial charge in [0.15, 0.2) is 18.9 Å². The van der Waals surface area contributed by atoms with Gasteiger partial charge in [0.05, 0.1) is 17.4 Å². The van der Waals surface area contributed by atoms with Crippen molar-refractivity contribution in [1.82, 2.24) is 10.2 Å². The number of carbonyl (C=O) groups is 4. The van der Waals surface area contributed by atoms with E-state index in [1.54, 1.807) is 22.9 Å². The van der Waals surface area contributed by atoms with Crippen LogP contribution in [0.4, 0.5) is 0 Å². The number of primary amides is 1. The third-order valence-electron chi connectivity index (χ3n) is 5.24. The number of aliphatic carboxylic acids is 1. The number of carboxylic acid groups (broad SMARTS) is 1. The number of nitrogens with zero attached hydrogens (tertiary/aromatic N) is 2. The number of hydrogen-bond acceptors (Lipinski definition) is 7. The highest BCUT2D eigenvalue weighted by molar-refractivity contribution is 9.10. The molecule has 0 bridgehead atoms. The number of β-lactam (4-membered cyclic amide) rings is 1. The Morgan fingerprint density at radius 3 is 2.79 bits per heavy atom. The molecule has 0 aliphatic carbocycles. The molecule has 0 unspecified atom stereocenters. The van der Waals surface area contributed by atoms with E-state index in [1.807, 2.05) is 24.3 Å². The second kappa shape index (κ2) is 10.2. The summed E-state index contributed by atoms with van der Waals surface area (Å²) in [4.78, 5) is 50.7. The molecule has 3 N–H and O–H groups in total. The summed E-state index contributed by atoms with van der Waals surface area (Å²) in [5.41, 5.74) is 5.87. The molecule has 4 rings (SSSR count). The van der Waals surface area contributed by atoms with Crippen LogP contribution in [0.25, 0.3) is 0 Å². The van der Waals surface area contributed by atoms with Gasteiger partial charge in [-0.15, -0.1) is 23.5 Å². The molecule has 2 aliphatic rings. The molecule has 3 amide bonds. The fourth-order valence-corrected chi connectivity index (χ4v) is 6.35. The van der Waals surface area contributed by atoms with Gasteiger partial charge in [-0.2, -0.15) is 0 Å². The first-order valence-corrected chi connectivity index (χ1v) is 12.9. The van der Waals surface area contributed by atoms with Crippen LogP contribution < -0.4 is 20.7 Å². The van der Waals surface area contributed by atoms with Gasteiger partial charge >= 0.3 is 0 Å². The van der Waals surface area contributed by atoms with E-state index < -0.39 is 29.2 Å². The smallest absolute Gasteiger partial charge is 0.254 e. The van der Waals surface area contributed by atoms with Crippen molar-refractivity contribution in [3.63, 3.8) is 0 Å². The molecular formula is C22H19BrN4O5S2. The third-order valence-corrected chi connectivity index (χ3v) is 8.07. The summed E-state index contributed by atoms with van der Waals surface area (Å²) < 4.78 is 2.53. The first kappa shape index (κ1) is 24.3. The minimum atomic E-state index is -1.46. The number of halogens is 1. The number of carbonyl (C=O) groups excluding carboxylic acids is 4. The molecule has 1 saturated heterocycles. The highest BCUT2D eigenvalue weighted by Crippen LogP contribution is 2.40. The number of carboxylic acids is 1. The predicted molar refractivity (Wildman–Crippen MR) is 127 cm³/mol. The topological polar surface area (TPSA) is 137 Å². The van der Waals surface area contributed by atoms with E-state index in [0.717, 1.165) is 9.37 Å². The van der Waals surface area contributed by atoms with Crippen LogP contribution in [0.1, 0.15) is 10.4 Å². The lowest BCUT2D eigenvalue weighted by atomic mass is 10.0.